The van der Waals surface area contributed by atoms with E-state index in [1.807, 2.05) is 0 Å². The highest BCUT2D eigenvalue weighted by Gasteiger charge is 2.13. The lowest BCUT2D eigenvalue weighted by atomic mass is 9.95. The van der Waals surface area contributed by atoms with E-state index in [4.69, 9.17) is 5.11 Å². The third kappa shape index (κ3) is 2.67. The van der Waals surface area contributed by atoms with E-state index < -0.39 is 0 Å². The summed E-state index contributed by atoms with van der Waals surface area (Å²) in [6, 6.07) is 0.578. The molecule has 0 aromatic carbocycles. The van der Waals surface area contributed by atoms with Crippen molar-refractivity contribution in [2.45, 2.75) is 51.3 Å². The van der Waals surface area contributed by atoms with E-state index >= 15 is 0 Å². The molecule has 2 N–H and O–H groups in total. The van der Waals surface area contributed by atoms with Gasteiger partial charge in [-0.1, -0.05) is 19.3 Å². The molecule has 1 fully saturated rings. The molecule has 10 heavy (non-hydrogen) atoms. The van der Waals surface area contributed by atoms with Crippen molar-refractivity contribution in [3.05, 3.63) is 0 Å². The van der Waals surface area contributed by atoms with E-state index in [2.05, 4.69) is 5.32 Å². The second kappa shape index (κ2) is 3.94. The maximum Gasteiger partial charge on any atom is 0.102 e. The molecule has 1 saturated carbocycles. The van der Waals surface area contributed by atoms with E-state index in [1.165, 1.54) is 32.1 Å². The fourth-order valence-corrected chi connectivity index (χ4v) is 1.61. The van der Waals surface area contributed by atoms with E-state index in [0.29, 0.717) is 6.04 Å². The molecular formula is C8H19NO. The van der Waals surface area contributed by atoms with Crippen molar-refractivity contribution in [2.24, 2.45) is 0 Å². The maximum atomic E-state index is 8.99. The number of aliphatic hydroxyl groups is 1. The molecule has 0 aromatic rings. The molecule has 62 valence electrons. The van der Waals surface area contributed by atoms with E-state index in [9.17, 15) is 0 Å². The minimum atomic E-state index is -0.330. The van der Waals surface area contributed by atoms with Gasteiger partial charge in [0.15, 0.2) is 0 Å². The Labute approximate surface area is 64.1 Å². The summed E-state index contributed by atoms with van der Waals surface area (Å²) in [7, 11) is 0. The lowest BCUT2D eigenvalue weighted by molar-refractivity contribution is 0.130. The summed E-state index contributed by atoms with van der Waals surface area (Å²) >= 11 is 0. The van der Waals surface area contributed by atoms with Crippen LogP contribution in [-0.2, 0) is 0 Å². The average Bonchev–Trinajstić information content (AvgIpc) is 1.88. The van der Waals surface area contributed by atoms with Gasteiger partial charge in [0.1, 0.15) is 6.23 Å². The van der Waals surface area contributed by atoms with Crippen LogP contribution in [-0.4, -0.2) is 17.4 Å². The topological polar surface area (TPSA) is 32.3 Å². The number of hydrogen-bond donors (Lipinski definition) is 2. The maximum absolute atomic E-state index is 8.99. The highest BCUT2D eigenvalue weighted by Crippen LogP contribution is 2.17. The first kappa shape index (κ1) is 8.02. The van der Waals surface area contributed by atoms with Gasteiger partial charge in [0.2, 0.25) is 0 Å². The van der Waals surface area contributed by atoms with Gasteiger partial charge in [0.05, 0.1) is 0 Å². The van der Waals surface area contributed by atoms with Gasteiger partial charge in [-0.25, -0.2) is 0 Å². The highest BCUT2D eigenvalue weighted by molar-refractivity contribution is 4.71. The van der Waals surface area contributed by atoms with E-state index in [-0.39, 0.29) is 7.65 Å². The number of hydrogen-bond acceptors (Lipinski definition) is 2. The molecular weight excluding hydrogens is 126 g/mol. The molecule has 1 unspecified atom stereocenters. The van der Waals surface area contributed by atoms with Crippen LogP contribution < -0.4 is 5.32 Å². The van der Waals surface area contributed by atoms with E-state index in [0.717, 1.165) is 0 Å². The lowest BCUT2D eigenvalue weighted by Gasteiger charge is -2.24. The van der Waals surface area contributed by atoms with Crippen LogP contribution in [0.4, 0.5) is 0 Å². The fraction of sp³-hybridized carbons (Fsp3) is 1.00. The molecule has 1 aliphatic carbocycles. The summed E-state index contributed by atoms with van der Waals surface area (Å²) in [5.74, 6) is 0. The standard InChI is InChI=1S/C8H17NO.H2/c1-7(10)9-8-5-3-2-4-6-8;/h7-10H,2-6H2,1H3;1H. The van der Waals surface area contributed by atoms with Gasteiger partial charge in [-0.05, 0) is 19.8 Å². The molecule has 0 radical (unpaired) electrons. The zero-order chi connectivity index (χ0) is 7.40. The fourth-order valence-electron chi connectivity index (χ4n) is 1.61. The average molecular weight is 145 g/mol. The van der Waals surface area contributed by atoms with Crippen LogP contribution in [0.25, 0.3) is 0 Å². The third-order valence-corrected chi connectivity index (χ3v) is 2.08. The molecule has 0 heterocycles. The molecule has 2 heteroatoms. The Hall–Kier alpha value is -0.0800. The molecule has 0 spiro atoms. The summed E-state index contributed by atoms with van der Waals surface area (Å²) in [5.41, 5.74) is 0. The summed E-state index contributed by atoms with van der Waals surface area (Å²) in [6.07, 6.45) is 6.17. The van der Waals surface area contributed by atoms with Crippen LogP contribution in [0.15, 0.2) is 0 Å². The Morgan fingerprint density at radius 3 is 2.50 bits per heavy atom. The second-order valence-electron chi connectivity index (χ2n) is 3.18. The Kier molecular flexibility index (Phi) is 3.16. The number of aliphatic hydroxyl groups excluding tert-OH is 1. The summed E-state index contributed by atoms with van der Waals surface area (Å²) in [5, 5.41) is 12.1. The first-order chi connectivity index (χ1) is 4.79. The summed E-state index contributed by atoms with van der Waals surface area (Å²) < 4.78 is 0. The van der Waals surface area contributed by atoms with Crippen molar-refractivity contribution in [2.75, 3.05) is 0 Å². The molecule has 1 atom stereocenters. The van der Waals surface area contributed by atoms with Gasteiger partial charge < -0.3 is 5.11 Å². The van der Waals surface area contributed by atoms with Crippen molar-refractivity contribution in [1.29, 1.82) is 0 Å². The minimum Gasteiger partial charge on any atom is -0.379 e. The Bertz CT molecular complexity index is 92.1. The first-order valence-corrected chi connectivity index (χ1v) is 4.23. The molecule has 1 aliphatic rings. The van der Waals surface area contributed by atoms with Crippen LogP contribution in [0.5, 0.6) is 0 Å². The van der Waals surface area contributed by atoms with Gasteiger partial charge in [-0.3, -0.25) is 5.32 Å². The molecule has 0 amide bonds. The largest absolute Gasteiger partial charge is 0.379 e. The zero-order valence-electron chi connectivity index (χ0n) is 6.64. The van der Waals surface area contributed by atoms with Gasteiger partial charge in [0, 0.05) is 7.47 Å². The van der Waals surface area contributed by atoms with Crippen LogP contribution in [0.1, 0.15) is 40.5 Å². The summed E-state index contributed by atoms with van der Waals surface area (Å²) in [6.45, 7) is 1.79. The third-order valence-electron chi connectivity index (χ3n) is 2.08. The lowest BCUT2D eigenvalue weighted by Crippen LogP contribution is -2.37. The Balaban J connectivity index is 0.000001000. The van der Waals surface area contributed by atoms with Gasteiger partial charge >= 0.3 is 0 Å². The van der Waals surface area contributed by atoms with Gasteiger partial charge in [-0.2, -0.15) is 0 Å². The second-order valence-corrected chi connectivity index (χ2v) is 3.18. The van der Waals surface area contributed by atoms with E-state index in [1.54, 1.807) is 6.92 Å². The first-order valence-electron chi connectivity index (χ1n) is 4.23. The molecule has 0 aromatic heterocycles. The van der Waals surface area contributed by atoms with Crippen molar-refractivity contribution in [1.82, 2.24) is 5.32 Å². The van der Waals surface area contributed by atoms with Crippen molar-refractivity contribution < 1.29 is 6.53 Å². The van der Waals surface area contributed by atoms with Crippen molar-refractivity contribution in [3.63, 3.8) is 0 Å². The number of rotatable bonds is 2. The Morgan fingerprint density at radius 1 is 1.40 bits per heavy atom. The smallest absolute Gasteiger partial charge is 0.102 e. The Morgan fingerprint density at radius 2 is 2.00 bits per heavy atom. The molecule has 0 aliphatic heterocycles. The van der Waals surface area contributed by atoms with Crippen LogP contribution >= 0.6 is 0 Å². The highest BCUT2D eigenvalue weighted by atomic mass is 16.3. The number of nitrogens with one attached hydrogen (secondary N) is 1. The van der Waals surface area contributed by atoms with Gasteiger partial charge in [-0.15, -0.1) is 0 Å². The predicted molar refractivity (Wildman–Crippen MR) is 43.8 cm³/mol. The van der Waals surface area contributed by atoms with Crippen LogP contribution in [0.3, 0.4) is 0 Å². The van der Waals surface area contributed by atoms with Crippen molar-refractivity contribution >= 4 is 0 Å². The van der Waals surface area contributed by atoms with Gasteiger partial charge in [0.25, 0.3) is 0 Å². The minimum absolute atomic E-state index is 0. The monoisotopic (exact) mass is 145 g/mol. The normalized spacial score (nSPS) is 24.6. The predicted octanol–water partition coefficient (Wildman–Crippen LogP) is 1.49. The zero-order valence-corrected chi connectivity index (χ0v) is 6.64. The van der Waals surface area contributed by atoms with Crippen molar-refractivity contribution in [3.8, 4) is 0 Å². The molecule has 1 rings (SSSR count). The van der Waals surface area contributed by atoms with Crippen LogP contribution in [0.2, 0.25) is 0 Å². The molecule has 2 nitrogen and oxygen atoms in total. The quantitative estimate of drug-likeness (QED) is 0.577. The SMILES string of the molecule is CC(O)NC1CCCCC1.[HH]. The molecule has 0 bridgehead atoms. The molecule has 0 saturated heterocycles. The van der Waals surface area contributed by atoms with Crippen LogP contribution in [0, 0.1) is 0 Å². The summed E-state index contributed by atoms with van der Waals surface area (Å²) in [4.78, 5) is 0.